The minimum atomic E-state index is -4.80. The van der Waals surface area contributed by atoms with Gasteiger partial charge in [-0.25, -0.2) is 8.42 Å². The van der Waals surface area contributed by atoms with Crippen molar-refractivity contribution in [1.82, 2.24) is 0 Å². The zero-order valence-corrected chi connectivity index (χ0v) is 16.7. The molecule has 0 unspecified atom stereocenters. The van der Waals surface area contributed by atoms with Gasteiger partial charge in [0.25, 0.3) is 10.1 Å². The number of fused-ring (bicyclic) bond motifs is 1. The monoisotopic (exact) mass is 348 g/mol. The SMILES string of the molecule is O=S(=O)([O-])c1ccc2c([O-])ccc(S(=O)(=O)O)c2c1.[Na+].[Na+]. The minimum Gasteiger partial charge on any atom is -0.872 e. The Morgan fingerprint density at radius 1 is 0.905 bits per heavy atom. The summed E-state index contributed by atoms with van der Waals surface area (Å²) < 4.78 is 63.9. The fraction of sp³-hybridized carbons (Fsp3) is 0. The maximum Gasteiger partial charge on any atom is 1.00 e. The standard InChI is InChI=1S/C10H8O7S2.2Na/c11-9-3-4-10(19(15,16)17)8-5-6(18(12,13)14)1-2-7(8)9;;/h1-5,11H,(H,12,13,14)(H,15,16,17);;/q;2*+1/p-2. The van der Waals surface area contributed by atoms with Crippen LogP contribution < -0.4 is 64.2 Å². The van der Waals surface area contributed by atoms with E-state index in [-0.39, 0.29) is 69.9 Å². The van der Waals surface area contributed by atoms with Crippen molar-refractivity contribution >= 4 is 31.0 Å². The smallest absolute Gasteiger partial charge is 0.872 e. The first kappa shape index (κ1) is 21.3. The van der Waals surface area contributed by atoms with Gasteiger partial charge in [-0.2, -0.15) is 8.42 Å². The van der Waals surface area contributed by atoms with Gasteiger partial charge in [0.2, 0.25) is 0 Å². The van der Waals surface area contributed by atoms with Gasteiger partial charge in [-0.3, -0.25) is 4.55 Å². The Labute approximate surface area is 165 Å². The Morgan fingerprint density at radius 3 is 1.95 bits per heavy atom. The van der Waals surface area contributed by atoms with Gasteiger partial charge in [0, 0.05) is 5.39 Å². The summed E-state index contributed by atoms with van der Waals surface area (Å²) in [7, 11) is -9.44. The van der Waals surface area contributed by atoms with Crippen LogP contribution in [0, 0.1) is 0 Å². The molecule has 0 aromatic heterocycles. The van der Waals surface area contributed by atoms with Gasteiger partial charge in [-0.15, -0.1) is 5.75 Å². The Hall–Kier alpha value is 0.320. The topological polar surface area (TPSA) is 135 Å². The molecule has 0 heterocycles. The molecule has 0 saturated carbocycles. The van der Waals surface area contributed by atoms with Gasteiger partial charge < -0.3 is 9.66 Å². The van der Waals surface area contributed by atoms with Gasteiger partial charge in [0.15, 0.2) is 0 Å². The molecular formula is C10H6Na2O7S2. The van der Waals surface area contributed by atoms with Crippen LogP contribution >= 0.6 is 0 Å². The third kappa shape index (κ3) is 4.64. The fourth-order valence-electron chi connectivity index (χ4n) is 1.65. The average Bonchev–Trinajstić information content (AvgIpc) is 2.26. The fourth-order valence-corrected chi connectivity index (χ4v) is 2.84. The number of hydrogen-bond acceptors (Lipinski definition) is 6. The summed E-state index contributed by atoms with van der Waals surface area (Å²) in [5.74, 6) is -0.558. The zero-order chi connectivity index (χ0) is 14.4. The largest absolute Gasteiger partial charge is 1.00 e. The molecule has 2 aromatic rings. The second-order valence-corrected chi connectivity index (χ2v) is 6.47. The Bertz CT molecular complexity index is 876. The Morgan fingerprint density at radius 2 is 1.48 bits per heavy atom. The Balaban J connectivity index is 0.00000200. The summed E-state index contributed by atoms with van der Waals surface area (Å²) in [5, 5.41) is 11.1. The van der Waals surface area contributed by atoms with Crippen LogP contribution in [0.4, 0.5) is 0 Å². The van der Waals surface area contributed by atoms with Crippen LogP contribution in [-0.4, -0.2) is 25.9 Å². The van der Waals surface area contributed by atoms with E-state index in [0.717, 1.165) is 30.3 Å². The summed E-state index contributed by atoms with van der Waals surface area (Å²) >= 11 is 0. The van der Waals surface area contributed by atoms with Crippen molar-refractivity contribution in [3.05, 3.63) is 30.3 Å². The molecule has 0 aliphatic carbocycles. The third-order valence-electron chi connectivity index (χ3n) is 2.47. The van der Waals surface area contributed by atoms with Crippen LogP contribution in [0.5, 0.6) is 5.75 Å². The second-order valence-electron chi connectivity index (χ2n) is 3.70. The Kier molecular flexibility index (Phi) is 7.37. The first-order chi connectivity index (χ1) is 8.60. The van der Waals surface area contributed by atoms with E-state index in [0.29, 0.717) is 0 Å². The maximum absolute atomic E-state index is 11.5. The van der Waals surface area contributed by atoms with Crippen molar-refractivity contribution in [3.8, 4) is 5.75 Å². The molecule has 2 aromatic carbocycles. The van der Waals surface area contributed by atoms with Crippen molar-refractivity contribution < 1.29 is 90.2 Å². The van der Waals surface area contributed by atoms with E-state index in [1.54, 1.807) is 0 Å². The van der Waals surface area contributed by atoms with E-state index < -0.39 is 35.8 Å². The molecule has 0 aliphatic rings. The molecule has 0 saturated heterocycles. The minimum absolute atomic E-state index is 0. The summed E-state index contributed by atoms with van der Waals surface area (Å²) in [6.07, 6.45) is 0. The molecule has 0 bridgehead atoms. The zero-order valence-electron chi connectivity index (χ0n) is 11.1. The summed E-state index contributed by atoms with van der Waals surface area (Å²) in [6, 6.07) is 4.46. The van der Waals surface area contributed by atoms with E-state index in [1.165, 1.54) is 0 Å². The predicted octanol–water partition coefficient (Wildman–Crippen LogP) is -5.93. The molecule has 0 radical (unpaired) electrons. The quantitative estimate of drug-likeness (QED) is 0.422. The van der Waals surface area contributed by atoms with Crippen molar-refractivity contribution in [1.29, 1.82) is 0 Å². The normalized spacial score (nSPS) is 11.5. The van der Waals surface area contributed by atoms with Crippen LogP contribution in [0.15, 0.2) is 40.1 Å². The second kappa shape index (κ2) is 7.26. The molecule has 0 aliphatic heterocycles. The molecule has 0 fully saturated rings. The van der Waals surface area contributed by atoms with Crippen molar-refractivity contribution in [2.45, 2.75) is 9.79 Å². The van der Waals surface area contributed by atoms with Crippen molar-refractivity contribution in [2.75, 3.05) is 0 Å². The summed E-state index contributed by atoms with van der Waals surface area (Å²) in [5.41, 5.74) is 0. The molecule has 0 atom stereocenters. The van der Waals surface area contributed by atoms with Crippen LogP contribution in [0.2, 0.25) is 0 Å². The van der Waals surface area contributed by atoms with Gasteiger partial charge in [-0.1, -0.05) is 12.1 Å². The predicted molar refractivity (Wildman–Crippen MR) is 61.2 cm³/mol. The van der Waals surface area contributed by atoms with Gasteiger partial charge in [0.1, 0.15) is 15.0 Å². The molecule has 7 nitrogen and oxygen atoms in total. The number of benzene rings is 2. The first-order valence-corrected chi connectivity index (χ1v) is 7.63. The number of rotatable bonds is 2. The van der Waals surface area contributed by atoms with Crippen LogP contribution in [0.3, 0.4) is 0 Å². The van der Waals surface area contributed by atoms with E-state index in [2.05, 4.69) is 0 Å². The molecule has 11 heteroatoms. The van der Waals surface area contributed by atoms with E-state index in [1.807, 2.05) is 0 Å². The molecule has 0 spiro atoms. The summed E-state index contributed by atoms with van der Waals surface area (Å²) in [6.45, 7) is 0. The molecule has 102 valence electrons. The first-order valence-electron chi connectivity index (χ1n) is 4.78. The molecule has 1 N–H and O–H groups in total. The van der Waals surface area contributed by atoms with E-state index >= 15 is 0 Å². The molecular weight excluding hydrogens is 342 g/mol. The summed E-state index contributed by atoms with van der Waals surface area (Å²) in [4.78, 5) is -1.32. The van der Waals surface area contributed by atoms with Crippen LogP contribution in [0.25, 0.3) is 10.8 Å². The van der Waals surface area contributed by atoms with Gasteiger partial charge in [0.05, 0.1) is 4.90 Å². The maximum atomic E-state index is 11.5. The van der Waals surface area contributed by atoms with E-state index in [9.17, 15) is 26.5 Å². The van der Waals surface area contributed by atoms with Crippen molar-refractivity contribution in [2.24, 2.45) is 0 Å². The van der Waals surface area contributed by atoms with Crippen LogP contribution in [0.1, 0.15) is 0 Å². The van der Waals surface area contributed by atoms with Crippen LogP contribution in [-0.2, 0) is 20.2 Å². The molecule has 2 rings (SSSR count). The van der Waals surface area contributed by atoms with E-state index in [4.69, 9.17) is 4.55 Å². The average molecular weight is 348 g/mol. The number of hydrogen-bond donors (Lipinski definition) is 1. The molecule has 21 heavy (non-hydrogen) atoms. The van der Waals surface area contributed by atoms with Gasteiger partial charge in [-0.05, 0) is 23.6 Å². The molecule has 0 amide bonds. The van der Waals surface area contributed by atoms with Crippen molar-refractivity contribution in [3.63, 3.8) is 0 Å². The third-order valence-corrected chi connectivity index (χ3v) is 4.22. The van der Waals surface area contributed by atoms with Gasteiger partial charge >= 0.3 is 59.1 Å².